The highest BCUT2D eigenvalue weighted by Gasteiger charge is 2.31. The van der Waals surface area contributed by atoms with Crippen LogP contribution in [0.2, 0.25) is 0 Å². The van der Waals surface area contributed by atoms with Gasteiger partial charge in [-0.2, -0.15) is 0 Å². The van der Waals surface area contributed by atoms with Gasteiger partial charge in [-0.15, -0.1) is 11.3 Å². The molecule has 2 rings (SSSR count). The summed E-state index contributed by atoms with van der Waals surface area (Å²) >= 11 is 1.30. The molecular weight excluding hydrogens is 278 g/mol. The summed E-state index contributed by atoms with van der Waals surface area (Å²) < 4.78 is 5.05. The highest BCUT2D eigenvalue weighted by molar-refractivity contribution is 7.12. The van der Waals surface area contributed by atoms with Gasteiger partial charge in [-0.25, -0.2) is 0 Å². The summed E-state index contributed by atoms with van der Waals surface area (Å²) in [6.07, 6.45) is 4.26. The molecule has 20 heavy (non-hydrogen) atoms. The number of methoxy groups -OCH3 is 1. The smallest absolute Gasteiger partial charge is 0.308 e. The van der Waals surface area contributed by atoms with Crippen LogP contribution < -0.4 is 10.1 Å². The number of amides is 1. The van der Waals surface area contributed by atoms with Crippen molar-refractivity contribution in [1.82, 2.24) is 5.32 Å². The number of aliphatic carboxylic acids is 1. The molecule has 110 valence electrons. The van der Waals surface area contributed by atoms with E-state index in [1.54, 1.807) is 18.6 Å². The van der Waals surface area contributed by atoms with E-state index in [4.69, 9.17) is 4.74 Å². The van der Waals surface area contributed by atoms with Gasteiger partial charge in [0.25, 0.3) is 5.91 Å². The van der Waals surface area contributed by atoms with E-state index in [0.717, 1.165) is 25.7 Å². The van der Waals surface area contributed by atoms with Gasteiger partial charge in [-0.1, -0.05) is 19.3 Å². The number of ether oxygens (including phenoxy) is 1. The Kier molecular flexibility index (Phi) is 5.00. The van der Waals surface area contributed by atoms with Crippen molar-refractivity contribution in [3.05, 3.63) is 16.3 Å². The maximum Gasteiger partial charge on any atom is 0.308 e. The fourth-order valence-electron chi connectivity index (χ4n) is 2.56. The maximum absolute atomic E-state index is 12.2. The topological polar surface area (TPSA) is 75.6 Å². The quantitative estimate of drug-likeness (QED) is 0.837. The zero-order valence-electron chi connectivity index (χ0n) is 11.4. The standard InChI is InChI=1S/C14H19NO4S/c1-19-9-7-12(20-8-9)13(16)15-11-6-4-2-3-5-10(11)14(17)18/h7-8,10-11H,2-6H2,1H3,(H,15,16)(H,17,18)/t10-,11+/m1/s1. The molecule has 1 saturated carbocycles. The van der Waals surface area contributed by atoms with E-state index in [1.807, 2.05) is 0 Å². The van der Waals surface area contributed by atoms with Gasteiger partial charge in [-0.05, 0) is 12.8 Å². The SMILES string of the molecule is COc1csc(C(=O)N[C@H]2CCCCC[C@H]2C(=O)O)c1. The Morgan fingerprint density at radius 1 is 1.35 bits per heavy atom. The molecule has 0 aliphatic heterocycles. The molecule has 2 N–H and O–H groups in total. The highest BCUT2D eigenvalue weighted by atomic mass is 32.1. The summed E-state index contributed by atoms with van der Waals surface area (Å²) in [4.78, 5) is 24.0. The first kappa shape index (κ1) is 14.8. The third-order valence-corrected chi connectivity index (χ3v) is 4.59. The molecular formula is C14H19NO4S. The van der Waals surface area contributed by atoms with Crippen molar-refractivity contribution in [2.24, 2.45) is 5.92 Å². The molecule has 1 aliphatic rings. The molecule has 0 radical (unpaired) electrons. The summed E-state index contributed by atoms with van der Waals surface area (Å²) in [7, 11) is 1.55. The van der Waals surface area contributed by atoms with E-state index >= 15 is 0 Å². The van der Waals surface area contributed by atoms with Crippen LogP contribution in [0.4, 0.5) is 0 Å². The number of thiophene rings is 1. The summed E-state index contributed by atoms with van der Waals surface area (Å²) in [6, 6.07) is 1.39. The molecule has 2 atom stereocenters. The summed E-state index contributed by atoms with van der Waals surface area (Å²) in [6.45, 7) is 0. The van der Waals surface area contributed by atoms with Crippen LogP contribution in [0.1, 0.15) is 41.8 Å². The lowest BCUT2D eigenvalue weighted by Crippen LogP contribution is -2.42. The number of carboxylic acid groups (broad SMARTS) is 1. The lowest BCUT2D eigenvalue weighted by molar-refractivity contribution is -0.142. The Morgan fingerprint density at radius 2 is 2.10 bits per heavy atom. The molecule has 1 aromatic heterocycles. The molecule has 0 bridgehead atoms. The van der Waals surface area contributed by atoms with Crippen LogP contribution in [-0.4, -0.2) is 30.1 Å². The zero-order chi connectivity index (χ0) is 14.5. The number of nitrogens with one attached hydrogen (secondary N) is 1. The van der Waals surface area contributed by atoms with Crippen LogP contribution in [0.5, 0.6) is 5.75 Å². The van der Waals surface area contributed by atoms with E-state index in [2.05, 4.69) is 5.32 Å². The van der Waals surface area contributed by atoms with Gasteiger partial charge in [0, 0.05) is 17.5 Å². The molecule has 5 nitrogen and oxygen atoms in total. The lowest BCUT2D eigenvalue weighted by atomic mass is 9.95. The maximum atomic E-state index is 12.2. The van der Waals surface area contributed by atoms with Gasteiger partial charge in [0.2, 0.25) is 0 Å². The van der Waals surface area contributed by atoms with E-state index in [9.17, 15) is 14.7 Å². The van der Waals surface area contributed by atoms with Crippen molar-refractivity contribution >= 4 is 23.2 Å². The van der Waals surface area contributed by atoms with Crippen LogP contribution in [0.25, 0.3) is 0 Å². The van der Waals surface area contributed by atoms with Crippen molar-refractivity contribution in [3.63, 3.8) is 0 Å². The number of hydrogen-bond acceptors (Lipinski definition) is 4. The normalized spacial score (nSPS) is 22.9. The van der Waals surface area contributed by atoms with Crippen LogP contribution in [0.3, 0.4) is 0 Å². The lowest BCUT2D eigenvalue weighted by Gasteiger charge is -2.22. The van der Waals surface area contributed by atoms with E-state index < -0.39 is 11.9 Å². The molecule has 0 aromatic carbocycles. The van der Waals surface area contributed by atoms with E-state index in [-0.39, 0.29) is 11.9 Å². The summed E-state index contributed by atoms with van der Waals surface area (Å²) in [5, 5.41) is 13.9. The van der Waals surface area contributed by atoms with Crippen molar-refractivity contribution < 1.29 is 19.4 Å². The molecule has 1 aromatic rings. The van der Waals surface area contributed by atoms with Gasteiger partial charge >= 0.3 is 5.97 Å². The first-order valence-electron chi connectivity index (χ1n) is 6.78. The second-order valence-corrected chi connectivity index (χ2v) is 5.92. The van der Waals surface area contributed by atoms with Crippen molar-refractivity contribution in [1.29, 1.82) is 0 Å². The predicted molar refractivity (Wildman–Crippen MR) is 76.3 cm³/mol. The zero-order valence-corrected chi connectivity index (χ0v) is 12.2. The van der Waals surface area contributed by atoms with Crippen LogP contribution in [0, 0.1) is 5.92 Å². The van der Waals surface area contributed by atoms with Gasteiger partial charge in [-0.3, -0.25) is 9.59 Å². The van der Waals surface area contributed by atoms with Gasteiger partial charge in [0.1, 0.15) is 5.75 Å². The number of carbonyl (C=O) groups excluding carboxylic acids is 1. The minimum Gasteiger partial charge on any atom is -0.496 e. The van der Waals surface area contributed by atoms with Gasteiger partial charge < -0.3 is 15.2 Å². The average Bonchev–Trinajstić information content (AvgIpc) is 2.79. The first-order chi connectivity index (χ1) is 9.61. The monoisotopic (exact) mass is 297 g/mol. The Bertz CT molecular complexity index is 485. The van der Waals surface area contributed by atoms with E-state index in [0.29, 0.717) is 17.0 Å². The fourth-order valence-corrected chi connectivity index (χ4v) is 3.32. The van der Waals surface area contributed by atoms with Gasteiger partial charge in [0.05, 0.1) is 17.9 Å². The largest absolute Gasteiger partial charge is 0.496 e. The fraction of sp³-hybridized carbons (Fsp3) is 0.571. The minimum atomic E-state index is -0.819. The molecule has 0 spiro atoms. The second kappa shape index (κ2) is 6.74. The van der Waals surface area contributed by atoms with Crippen LogP contribution in [-0.2, 0) is 4.79 Å². The van der Waals surface area contributed by atoms with Crippen molar-refractivity contribution in [2.45, 2.75) is 38.1 Å². The third-order valence-electron chi connectivity index (χ3n) is 3.68. The number of carboxylic acids is 1. The highest BCUT2D eigenvalue weighted by Crippen LogP contribution is 2.25. The van der Waals surface area contributed by atoms with Crippen LogP contribution in [0.15, 0.2) is 11.4 Å². The Morgan fingerprint density at radius 3 is 2.75 bits per heavy atom. The van der Waals surface area contributed by atoms with E-state index in [1.165, 1.54) is 11.3 Å². The first-order valence-corrected chi connectivity index (χ1v) is 7.66. The Balaban J connectivity index is 2.05. The number of rotatable bonds is 4. The van der Waals surface area contributed by atoms with Gasteiger partial charge in [0.15, 0.2) is 0 Å². The summed E-state index contributed by atoms with van der Waals surface area (Å²) in [5.41, 5.74) is 0. The van der Waals surface area contributed by atoms with Crippen molar-refractivity contribution in [3.8, 4) is 5.75 Å². The molecule has 1 heterocycles. The molecule has 6 heteroatoms. The number of hydrogen-bond donors (Lipinski definition) is 2. The average molecular weight is 297 g/mol. The van der Waals surface area contributed by atoms with Crippen molar-refractivity contribution in [2.75, 3.05) is 7.11 Å². The molecule has 0 unspecified atom stereocenters. The Labute approximate surface area is 121 Å². The molecule has 1 aliphatic carbocycles. The Hall–Kier alpha value is -1.56. The molecule has 1 amide bonds. The minimum absolute atomic E-state index is 0.212. The molecule has 0 saturated heterocycles. The van der Waals surface area contributed by atoms with Crippen LogP contribution >= 0.6 is 11.3 Å². The second-order valence-electron chi connectivity index (χ2n) is 5.01. The summed E-state index contributed by atoms with van der Waals surface area (Å²) in [5.74, 6) is -0.864. The number of carbonyl (C=O) groups is 2. The molecule has 1 fully saturated rings. The third kappa shape index (κ3) is 3.50. The predicted octanol–water partition coefficient (Wildman–Crippen LogP) is 2.52.